The molecule has 0 saturated heterocycles. The number of aliphatic hydroxyl groups excluding tert-OH is 1. The standard InChI is InChI=1S/C11H19ClN4O2/c1-3-7-18-11-15-9(12)14-10(16-11)13-6-5-8(17)4-2/h8,17H,3-7H2,1-2H3,(H,13,14,15,16). The van der Waals surface area contributed by atoms with Crippen LogP contribution in [0.4, 0.5) is 5.95 Å². The predicted octanol–water partition coefficient (Wildman–Crippen LogP) is 1.89. The molecule has 0 saturated carbocycles. The van der Waals surface area contributed by atoms with Gasteiger partial charge in [0.05, 0.1) is 12.7 Å². The van der Waals surface area contributed by atoms with Crippen molar-refractivity contribution in [3.63, 3.8) is 0 Å². The van der Waals surface area contributed by atoms with Crippen LogP contribution in [-0.2, 0) is 0 Å². The van der Waals surface area contributed by atoms with Gasteiger partial charge in [-0.15, -0.1) is 0 Å². The molecule has 1 atom stereocenters. The summed E-state index contributed by atoms with van der Waals surface area (Å²) in [7, 11) is 0. The number of hydrogen-bond donors (Lipinski definition) is 2. The van der Waals surface area contributed by atoms with Gasteiger partial charge in [-0.2, -0.15) is 15.0 Å². The summed E-state index contributed by atoms with van der Waals surface area (Å²) in [6.07, 6.45) is 1.91. The van der Waals surface area contributed by atoms with E-state index in [4.69, 9.17) is 16.3 Å². The molecule has 1 aromatic rings. The molecule has 0 spiro atoms. The number of anilines is 1. The largest absolute Gasteiger partial charge is 0.463 e. The van der Waals surface area contributed by atoms with Crippen LogP contribution in [0, 0.1) is 0 Å². The maximum absolute atomic E-state index is 9.42. The first-order valence-corrected chi connectivity index (χ1v) is 6.49. The smallest absolute Gasteiger partial charge is 0.322 e. The van der Waals surface area contributed by atoms with Crippen molar-refractivity contribution in [2.75, 3.05) is 18.5 Å². The van der Waals surface area contributed by atoms with Gasteiger partial charge in [-0.1, -0.05) is 13.8 Å². The van der Waals surface area contributed by atoms with Crippen molar-refractivity contribution in [3.8, 4) is 6.01 Å². The number of ether oxygens (including phenoxy) is 1. The fourth-order valence-corrected chi connectivity index (χ4v) is 1.38. The van der Waals surface area contributed by atoms with Crippen molar-refractivity contribution >= 4 is 17.5 Å². The first-order valence-electron chi connectivity index (χ1n) is 6.12. The monoisotopic (exact) mass is 274 g/mol. The van der Waals surface area contributed by atoms with Crippen molar-refractivity contribution in [2.45, 2.75) is 39.2 Å². The predicted molar refractivity (Wildman–Crippen MR) is 70.0 cm³/mol. The van der Waals surface area contributed by atoms with E-state index in [0.29, 0.717) is 25.5 Å². The number of halogens is 1. The van der Waals surface area contributed by atoms with Crippen LogP contribution in [0.15, 0.2) is 0 Å². The number of rotatable bonds is 8. The normalized spacial score (nSPS) is 12.2. The molecule has 2 N–H and O–H groups in total. The van der Waals surface area contributed by atoms with Gasteiger partial charge in [-0.3, -0.25) is 0 Å². The molecule has 0 aliphatic carbocycles. The van der Waals surface area contributed by atoms with Crippen LogP contribution < -0.4 is 10.1 Å². The molecule has 1 rings (SSSR count). The second-order valence-electron chi connectivity index (χ2n) is 3.84. The van der Waals surface area contributed by atoms with Crippen LogP contribution in [0.2, 0.25) is 5.28 Å². The average molecular weight is 275 g/mol. The lowest BCUT2D eigenvalue weighted by atomic mass is 10.2. The summed E-state index contributed by atoms with van der Waals surface area (Å²) in [5, 5.41) is 12.5. The fourth-order valence-electron chi connectivity index (χ4n) is 1.22. The van der Waals surface area contributed by atoms with Crippen LogP contribution >= 0.6 is 11.6 Å². The quantitative estimate of drug-likeness (QED) is 0.753. The molecule has 0 amide bonds. The highest BCUT2D eigenvalue weighted by atomic mass is 35.5. The molecule has 7 heteroatoms. The van der Waals surface area contributed by atoms with Crippen molar-refractivity contribution in [1.82, 2.24) is 15.0 Å². The zero-order valence-electron chi connectivity index (χ0n) is 10.7. The van der Waals surface area contributed by atoms with Gasteiger partial charge in [0.15, 0.2) is 0 Å². The van der Waals surface area contributed by atoms with Crippen LogP contribution in [0.3, 0.4) is 0 Å². The molecule has 0 aromatic carbocycles. The van der Waals surface area contributed by atoms with E-state index in [9.17, 15) is 5.11 Å². The molecule has 0 radical (unpaired) electrons. The minimum atomic E-state index is -0.314. The highest BCUT2D eigenvalue weighted by molar-refractivity contribution is 6.28. The second-order valence-corrected chi connectivity index (χ2v) is 4.17. The Morgan fingerprint density at radius 3 is 2.78 bits per heavy atom. The zero-order valence-corrected chi connectivity index (χ0v) is 11.4. The average Bonchev–Trinajstić information content (AvgIpc) is 2.35. The first kappa shape index (κ1) is 14.9. The second kappa shape index (κ2) is 8.05. The van der Waals surface area contributed by atoms with Crippen molar-refractivity contribution in [2.24, 2.45) is 0 Å². The Bertz CT molecular complexity index is 365. The third-order valence-corrected chi connectivity index (χ3v) is 2.42. The van der Waals surface area contributed by atoms with E-state index in [1.54, 1.807) is 0 Å². The lowest BCUT2D eigenvalue weighted by Crippen LogP contribution is -2.14. The molecule has 1 heterocycles. The topological polar surface area (TPSA) is 80.2 Å². The van der Waals surface area contributed by atoms with E-state index in [1.165, 1.54) is 0 Å². The van der Waals surface area contributed by atoms with Gasteiger partial charge in [0, 0.05) is 6.54 Å². The van der Waals surface area contributed by atoms with Crippen molar-refractivity contribution in [1.29, 1.82) is 0 Å². The van der Waals surface area contributed by atoms with E-state index < -0.39 is 0 Å². The van der Waals surface area contributed by atoms with Crippen molar-refractivity contribution < 1.29 is 9.84 Å². The van der Waals surface area contributed by atoms with Crippen LogP contribution in [-0.4, -0.2) is 39.3 Å². The van der Waals surface area contributed by atoms with Crippen LogP contribution in [0.25, 0.3) is 0 Å². The molecule has 6 nitrogen and oxygen atoms in total. The van der Waals surface area contributed by atoms with Crippen molar-refractivity contribution in [3.05, 3.63) is 5.28 Å². The van der Waals surface area contributed by atoms with Crippen LogP contribution in [0.1, 0.15) is 33.1 Å². The SMILES string of the molecule is CCCOc1nc(Cl)nc(NCCC(O)CC)n1. The fraction of sp³-hybridized carbons (Fsp3) is 0.727. The summed E-state index contributed by atoms with van der Waals surface area (Å²) in [5.74, 6) is 0.365. The number of nitrogens with one attached hydrogen (secondary N) is 1. The first-order chi connectivity index (χ1) is 8.65. The lowest BCUT2D eigenvalue weighted by molar-refractivity contribution is 0.164. The Morgan fingerprint density at radius 1 is 1.33 bits per heavy atom. The number of aromatic nitrogens is 3. The maximum Gasteiger partial charge on any atom is 0.322 e. The van der Waals surface area contributed by atoms with Gasteiger partial charge >= 0.3 is 6.01 Å². The summed E-state index contributed by atoms with van der Waals surface area (Å²) in [6.45, 7) is 5.03. The molecule has 0 aliphatic rings. The summed E-state index contributed by atoms with van der Waals surface area (Å²) in [4.78, 5) is 11.9. The number of hydrogen-bond acceptors (Lipinski definition) is 6. The van der Waals surface area contributed by atoms with E-state index in [1.807, 2.05) is 13.8 Å². The summed E-state index contributed by atoms with van der Waals surface area (Å²) >= 11 is 5.77. The number of nitrogens with zero attached hydrogens (tertiary/aromatic N) is 3. The maximum atomic E-state index is 9.42. The Morgan fingerprint density at radius 2 is 2.11 bits per heavy atom. The molecular weight excluding hydrogens is 256 g/mol. The molecule has 0 bridgehead atoms. The lowest BCUT2D eigenvalue weighted by Gasteiger charge is -2.09. The molecule has 1 unspecified atom stereocenters. The van der Waals surface area contributed by atoms with E-state index in [2.05, 4.69) is 20.3 Å². The Kier molecular flexibility index (Phi) is 6.67. The molecule has 18 heavy (non-hydrogen) atoms. The summed E-state index contributed by atoms with van der Waals surface area (Å²) < 4.78 is 5.29. The van der Waals surface area contributed by atoms with Gasteiger partial charge < -0.3 is 15.2 Å². The molecule has 0 fully saturated rings. The Hall–Kier alpha value is -1.14. The Balaban J connectivity index is 2.51. The molecule has 0 aliphatic heterocycles. The minimum absolute atomic E-state index is 0.0923. The van der Waals surface area contributed by atoms with E-state index in [0.717, 1.165) is 12.8 Å². The third-order valence-electron chi connectivity index (χ3n) is 2.25. The van der Waals surface area contributed by atoms with Crippen LogP contribution in [0.5, 0.6) is 6.01 Å². The summed E-state index contributed by atoms with van der Waals surface area (Å²) in [6, 6.07) is 0.218. The summed E-state index contributed by atoms with van der Waals surface area (Å²) in [5.41, 5.74) is 0. The number of aliphatic hydroxyl groups is 1. The van der Waals surface area contributed by atoms with E-state index >= 15 is 0 Å². The van der Waals surface area contributed by atoms with Gasteiger partial charge in [0.1, 0.15) is 0 Å². The Labute approximate surface area is 112 Å². The molecule has 1 aromatic heterocycles. The van der Waals surface area contributed by atoms with Gasteiger partial charge in [-0.05, 0) is 30.9 Å². The minimum Gasteiger partial charge on any atom is -0.463 e. The van der Waals surface area contributed by atoms with Gasteiger partial charge in [0.2, 0.25) is 11.2 Å². The zero-order chi connectivity index (χ0) is 13.4. The third kappa shape index (κ3) is 5.46. The van der Waals surface area contributed by atoms with Gasteiger partial charge in [0.25, 0.3) is 0 Å². The highest BCUT2D eigenvalue weighted by Crippen LogP contribution is 2.11. The molecular formula is C11H19ClN4O2. The molecule has 102 valence electrons. The van der Waals surface area contributed by atoms with Gasteiger partial charge in [-0.25, -0.2) is 0 Å². The van der Waals surface area contributed by atoms with E-state index in [-0.39, 0.29) is 17.4 Å². The highest BCUT2D eigenvalue weighted by Gasteiger charge is 2.06.